The first-order valence-corrected chi connectivity index (χ1v) is 13.2. The molecule has 0 bridgehead atoms. The van der Waals surface area contributed by atoms with Crippen LogP contribution in [0.1, 0.15) is 30.6 Å². The predicted molar refractivity (Wildman–Crippen MR) is 151 cm³/mol. The fourth-order valence-electron chi connectivity index (χ4n) is 5.30. The molecule has 0 amide bonds. The van der Waals surface area contributed by atoms with Crippen LogP contribution in [0.25, 0.3) is 0 Å². The summed E-state index contributed by atoms with van der Waals surface area (Å²) in [5.74, 6) is -2.21. The second-order valence-corrected chi connectivity index (χ2v) is 9.80. The van der Waals surface area contributed by atoms with E-state index in [-0.39, 0.29) is 29.3 Å². The summed E-state index contributed by atoms with van der Waals surface area (Å²) in [6.45, 7) is 5.38. The summed E-state index contributed by atoms with van der Waals surface area (Å²) in [4.78, 5) is 27.6. The number of hydrogen-bond acceptors (Lipinski definition) is 8. The number of halogens is 3. The number of benzene rings is 2. The molecule has 0 aliphatic heterocycles. The van der Waals surface area contributed by atoms with Crippen LogP contribution in [0.15, 0.2) is 84.9 Å². The Hall–Kier alpha value is -4.25. The van der Waals surface area contributed by atoms with Gasteiger partial charge in [0.15, 0.2) is 28.8 Å². The zero-order valence-corrected chi connectivity index (χ0v) is 24.8. The molecule has 1 aliphatic carbocycles. The van der Waals surface area contributed by atoms with Crippen LogP contribution in [0.2, 0.25) is 0 Å². The Morgan fingerprint density at radius 3 is 2.07 bits per heavy atom. The first-order valence-electron chi connectivity index (χ1n) is 13.2. The van der Waals surface area contributed by atoms with Gasteiger partial charge in [-0.05, 0) is 30.2 Å². The van der Waals surface area contributed by atoms with Crippen LogP contribution in [-0.2, 0) is 34.1 Å². The van der Waals surface area contributed by atoms with Gasteiger partial charge in [0.25, 0.3) is 5.60 Å². The molecule has 11 heteroatoms. The molecule has 0 spiro atoms. The van der Waals surface area contributed by atoms with Gasteiger partial charge in [0.1, 0.15) is 6.10 Å². The maximum atomic E-state index is 14.8. The van der Waals surface area contributed by atoms with E-state index in [1.165, 1.54) is 83.1 Å². The monoisotopic (exact) mass is 604 g/mol. The van der Waals surface area contributed by atoms with E-state index in [1.807, 2.05) is 0 Å². The molecule has 0 fully saturated rings. The van der Waals surface area contributed by atoms with Crippen molar-refractivity contribution in [1.29, 1.82) is 0 Å². The number of rotatable bonds is 13. The van der Waals surface area contributed by atoms with Crippen LogP contribution in [0, 0.1) is 11.3 Å². The van der Waals surface area contributed by atoms with Gasteiger partial charge in [-0.2, -0.15) is 13.2 Å². The van der Waals surface area contributed by atoms with Crippen LogP contribution in [0.4, 0.5) is 13.2 Å². The summed E-state index contributed by atoms with van der Waals surface area (Å²) in [7, 11) is 6.35. The fourth-order valence-corrected chi connectivity index (χ4v) is 5.30. The molecule has 0 saturated heterocycles. The van der Waals surface area contributed by atoms with Crippen molar-refractivity contribution in [1.82, 2.24) is 0 Å². The van der Waals surface area contributed by atoms with Crippen LogP contribution >= 0.6 is 0 Å². The van der Waals surface area contributed by atoms with Crippen molar-refractivity contribution < 1.29 is 51.2 Å². The summed E-state index contributed by atoms with van der Waals surface area (Å²) >= 11 is 0. The molecule has 0 saturated carbocycles. The zero-order chi connectivity index (χ0) is 32.0. The van der Waals surface area contributed by atoms with Crippen LogP contribution in [0.3, 0.4) is 0 Å². The summed E-state index contributed by atoms with van der Waals surface area (Å²) in [6, 6.07) is 11.0. The van der Waals surface area contributed by atoms with E-state index in [0.29, 0.717) is 5.75 Å². The highest BCUT2D eigenvalue weighted by Gasteiger charge is 2.65. The van der Waals surface area contributed by atoms with Crippen LogP contribution in [0.5, 0.6) is 11.5 Å². The van der Waals surface area contributed by atoms with E-state index in [4.69, 9.17) is 28.4 Å². The molecule has 1 unspecified atom stereocenters. The molecule has 0 radical (unpaired) electrons. The van der Waals surface area contributed by atoms with Crippen molar-refractivity contribution in [3.8, 4) is 11.5 Å². The topological polar surface area (TPSA) is 89.5 Å². The Balaban J connectivity index is 2.28. The molecule has 3 rings (SSSR count). The molecule has 0 heterocycles. The Kier molecular flexibility index (Phi) is 10.3. The first kappa shape index (κ1) is 33.3. The van der Waals surface area contributed by atoms with Crippen molar-refractivity contribution in [2.24, 2.45) is 11.3 Å². The van der Waals surface area contributed by atoms with Crippen LogP contribution in [-0.4, -0.2) is 53.5 Å². The van der Waals surface area contributed by atoms with E-state index in [2.05, 4.69) is 6.58 Å². The van der Waals surface area contributed by atoms with Crippen molar-refractivity contribution in [3.05, 3.63) is 96.0 Å². The molecule has 232 valence electrons. The van der Waals surface area contributed by atoms with Gasteiger partial charge in [-0.25, -0.2) is 4.79 Å². The number of alkyl halides is 3. The Morgan fingerprint density at radius 2 is 1.56 bits per heavy atom. The number of ketones is 1. The SMILES string of the molecule is C=CCC1([C@H](C)[C@@H](OC(=O)[C@@](OC)(c2ccccc2)C(F)(F)F)c2ccc(OC)c(OC)c2)C=C(OC)C(OC)=CC1=O. The Labute approximate surface area is 248 Å². The largest absolute Gasteiger partial charge is 0.493 e. The van der Waals surface area contributed by atoms with E-state index < -0.39 is 46.5 Å². The number of ether oxygens (including phenoxy) is 6. The normalized spacial score (nSPS) is 19.6. The standard InChI is InChI=1S/C32H35F3O8/c1-8-16-30(19-26(41-6)25(40-5)18-27(30)36)20(2)28(21-14-15-23(38-3)24(17-21)39-4)43-29(37)31(42-7,32(33,34)35)22-12-10-9-11-13-22/h8-15,17-20,28H,1,16H2,2-7H3/t20-,28-,30?,31+/m1/s1. The zero-order valence-electron chi connectivity index (χ0n) is 24.8. The number of allylic oxidation sites excluding steroid dienone is 3. The molecule has 43 heavy (non-hydrogen) atoms. The molecule has 2 aromatic carbocycles. The average molecular weight is 605 g/mol. The van der Waals surface area contributed by atoms with Gasteiger partial charge in [-0.3, -0.25) is 4.79 Å². The van der Waals surface area contributed by atoms with Crippen LogP contribution < -0.4 is 9.47 Å². The third-order valence-corrected chi connectivity index (χ3v) is 7.68. The lowest BCUT2D eigenvalue weighted by molar-refractivity contribution is -0.279. The summed E-state index contributed by atoms with van der Waals surface area (Å²) < 4.78 is 76.7. The van der Waals surface area contributed by atoms with Crippen molar-refractivity contribution in [3.63, 3.8) is 0 Å². The number of carbonyl (C=O) groups excluding carboxylic acids is 2. The molecule has 0 N–H and O–H groups in total. The number of methoxy groups -OCH3 is 5. The molecular formula is C32H35F3O8. The second-order valence-electron chi connectivity index (χ2n) is 9.80. The second kappa shape index (κ2) is 13.4. The quantitative estimate of drug-likeness (QED) is 0.196. The third kappa shape index (κ3) is 5.99. The highest BCUT2D eigenvalue weighted by Crippen LogP contribution is 2.50. The maximum absolute atomic E-state index is 14.8. The highest BCUT2D eigenvalue weighted by molar-refractivity contribution is 5.99. The third-order valence-electron chi connectivity index (χ3n) is 7.68. The van der Waals surface area contributed by atoms with Gasteiger partial charge in [-0.1, -0.05) is 49.4 Å². The molecule has 8 nitrogen and oxygen atoms in total. The summed E-state index contributed by atoms with van der Waals surface area (Å²) in [5.41, 5.74) is -5.17. The summed E-state index contributed by atoms with van der Waals surface area (Å²) in [6.07, 6.45) is -2.37. The molecule has 4 atom stereocenters. The predicted octanol–water partition coefficient (Wildman–Crippen LogP) is 6.23. The molecular weight excluding hydrogens is 569 g/mol. The minimum atomic E-state index is -5.22. The first-order chi connectivity index (χ1) is 20.4. The molecule has 1 aliphatic rings. The molecule has 2 aromatic rings. The maximum Gasteiger partial charge on any atom is 0.432 e. The smallest absolute Gasteiger partial charge is 0.432 e. The Bertz CT molecular complexity index is 1380. The number of esters is 1. The van der Waals surface area contributed by atoms with E-state index in [9.17, 15) is 22.8 Å². The van der Waals surface area contributed by atoms with E-state index >= 15 is 0 Å². The number of carbonyl (C=O) groups is 2. The van der Waals surface area contributed by atoms with Gasteiger partial charge in [0, 0.05) is 24.7 Å². The lowest BCUT2D eigenvalue weighted by atomic mass is 9.65. The van der Waals surface area contributed by atoms with Crippen molar-refractivity contribution in [2.45, 2.75) is 31.2 Å². The van der Waals surface area contributed by atoms with Gasteiger partial charge in [-0.15, -0.1) is 6.58 Å². The van der Waals surface area contributed by atoms with E-state index in [1.54, 1.807) is 6.92 Å². The van der Waals surface area contributed by atoms with Gasteiger partial charge < -0.3 is 28.4 Å². The minimum absolute atomic E-state index is 0.0298. The lowest BCUT2D eigenvalue weighted by Gasteiger charge is -2.41. The fraction of sp³-hybridized carbons (Fsp3) is 0.375. The summed E-state index contributed by atoms with van der Waals surface area (Å²) in [5, 5.41) is 0. The number of hydrogen-bond donors (Lipinski definition) is 0. The Morgan fingerprint density at radius 1 is 0.930 bits per heavy atom. The van der Waals surface area contributed by atoms with Gasteiger partial charge >= 0.3 is 12.1 Å². The van der Waals surface area contributed by atoms with Crippen molar-refractivity contribution >= 4 is 11.8 Å². The van der Waals surface area contributed by atoms with Gasteiger partial charge in [0.2, 0.25) is 0 Å². The van der Waals surface area contributed by atoms with E-state index in [0.717, 1.165) is 19.2 Å². The minimum Gasteiger partial charge on any atom is -0.493 e. The average Bonchev–Trinajstić information content (AvgIpc) is 3.00. The highest BCUT2D eigenvalue weighted by atomic mass is 19.4. The van der Waals surface area contributed by atoms with Crippen molar-refractivity contribution in [2.75, 3.05) is 35.5 Å². The molecule has 0 aromatic heterocycles. The lowest BCUT2D eigenvalue weighted by Crippen LogP contribution is -2.52. The van der Waals surface area contributed by atoms with Gasteiger partial charge in [0.05, 0.1) is 33.9 Å².